The summed E-state index contributed by atoms with van der Waals surface area (Å²) < 4.78 is 35.3. The molecule has 0 saturated carbocycles. The maximum Gasteiger partial charge on any atom is 0.307 e. The molecule has 0 atom stereocenters. The van der Waals surface area contributed by atoms with Gasteiger partial charge < -0.3 is 9.84 Å². The molecule has 0 bridgehead atoms. The average molecular weight is 429 g/mol. The van der Waals surface area contributed by atoms with Gasteiger partial charge in [-0.15, -0.1) is 0 Å². The molecular weight excluding hydrogens is 408 g/mol. The molecule has 3 aromatic carbocycles. The van der Waals surface area contributed by atoms with E-state index in [0.29, 0.717) is 16.7 Å². The minimum atomic E-state index is -0.923. The Labute approximate surface area is 177 Å². The van der Waals surface area contributed by atoms with Crippen molar-refractivity contribution in [3.8, 4) is 5.75 Å². The molecule has 0 radical (unpaired) electrons. The van der Waals surface area contributed by atoms with Gasteiger partial charge in [0.1, 0.15) is 23.5 Å². The van der Waals surface area contributed by atoms with Gasteiger partial charge in [-0.2, -0.15) is 0 Å². The van der Waals surface area contributed by atoms with Crippen LogP contribution < -0.4 is 4.74 Å². The predicted molar refractivity (Wildman–Crippen MR) is 113 cm³/mol. The van der Waals surface area contributed by atoms with E-state index in [0.717, 1.165) is 36.2 Å². The van der Waals surface area contributed by atoms with Gasteiger partial charge in [0, 0.05) is 23.4 Å². The van der Waals surface area contributed by atoms with Crippen LogP contribution in [0.2, 0.25) is 0 Å². The lowest BCUT2D eigenvalue weighted by Gasteiger charge is -2.31. The summed E-state index contributed by atoms with van der Waals surface area (Å²) in [5, 5.41) is 10.5. The zero-order valence-corrected chi connectivity index (χ0v) is 17.0. The van der Waals surface area contributed by atoms with Crippen LogP contribution in [0.15, 0.2) is 59.5 Å². The second-order valence-electron chi connectivity index (χ2n) is 7.32. The molecule has 4 nitrogen and oxygen atoms in total. The van der Waals surface area contributed by atoms with Crippen LogP contribution in [0.3, 0.4) is 0 Å². The van der Waals surface area contributed by atoms with Crippen LogP contribution in [-0.4, -0.2) is 34.6 Å². The highest BCUT2D eigenvalue weighted by molar-refractivity contribution is 7.97. The van der Waals surface area contributed by atoms with Crippen molar-refractivity contribution in [2.75, 3.05) is 13.1 Å². The van der Waals surface area contributed by atoms with E-state index in [4.69, 9.17) is 9.84 Å². The van der Waals surface area contributed by atoms with Gasteiger partial charge in [0.15, 0.2) is 0 Å². The topological polar surface area (TPSA) is 49.8 Å². The van der Waals surface area contributed by atoms with Gasteiger partial charge in [0.05, 0.1) is 6.42 Å². The van der Waals surface area contributed by atoms with E-state index in [1.807, 2.05) is 0 Å². The highest BCUT2D eigenvalue weighted by atomic mass is 32.2. The van der Waals surface area contributed by atoms with E-state index in [2.05, 4.69) is 4.31 Å². The Balaban J connectivity index is 1.45. The predicted octanol–water partition coefficient (Wildman–Crippen LogP) is 5.30. The Morgan fingerprint density at radius 2 is 1.73 bits per heavy atom. The Bertz CT molecular complexity index is 1050. The van der Waals surface area contributed by atoms with Crippen LogP contribution in [0.5, 0.6) is 5.75 Å². The summed E-state index contributed by atoms with van der Waals surface area (Å²) in [6.07, 6.45) is 1.42. The van der Waals surface area contributed by atoms with E-state index in [-0.39, 0.29) is 24.2 Å². The van der Waals surface area contributed by atoms with Crippen LogP contribution >= 0.6 is 11.9 Å². The third-order valence-corrected chi connectivity index (χ3v) is 6.14. The van der Waals surface area contributed by atoms with Gasteiger partial charge >= 0.3 is 5.97 Å². The third kappa shape index (κ3) is 5.09. The lowest BCUT2D eigenvalue weighted by atomic mass is 10.0. The summed E-state index contributed by atoms with van der Waals surface area (Å²) in [5.74, 6) is -1.01. The molecule has 1 fully saturated rings. The number of nitrogens with zero attached hydrogens (tertiary/aromatic N) is 1. The first-order valence-electron chi connectivity index (χ1n) is 9.75. The molecule has 1 heterocycles. The van der Waals surface area contributed by atoms with Crippen molar-refractivity contribution >= 4 is 28.7 Å². The van der Waals surface area contributed by atoms with E-state index in [1.165, 1.54) is 24.3 Å². The largest absolute Gasteiger partial charge is 0.490 e. The maximum atomic E-state index is 13.8. The zero-order chi connectivity index (χ0) is 21.1. The Kier molecular flexibility index (Phi) is 6.20. The second-order valence-corrected chi connectivity index (χ2v) is 8.49. The number of carbonyl (C=O) groups is 1. The smallest absolute Gasteiger partial charge is 0.307 e. The summed E-state index contributed by atoms with van der Waals surface area (Å²) in [4.78, 5) is 12.1. The van der Waals surface area contributed by atoms with Crippen LogP contribution in [-0.2, 0) is 11.2 Å². The van der Waals surface area contributed by atoms with Crippen molar-refractivity contribution in [1.29, 1.82) is 0 Å². The Morgan fingerprint density at radius 3 is 2.43 bits per heavy atom. The first-order valence-corrected chi connectivity index (χ1v) is 10.5. The monoisotopic (exact) mass is 429 g/mol. The van der Waals surface area contributed by atoms with E-state index < -0.39 is 5.97 Å². The third-order valence-electron chi connectivity index (χ3n) is 5.04. The molecule has 30 heavy (non-hydrogen) atoms. The summed E-state index contributed by atoms with van der Waals surface area (Å²) in [6, 6.07) is 14.3. The molecule has 0 unspecified atom stereocenters. The maximum absolute atomic E-state index is 13.8. The van der Waals surface area contributed by atoms with Crippen LogP contribution in [0.4, 0.5) is 8.78 Å². The van der Waals surface area contributed by atoms with Gasteiger partial charge in [-0.05, 0) is 78.2 Å². The summed E-state index contributed by atoms with van der Waals surface area (Å²) >= 11 is 1.59. The summed E-state index contributed by atoms with van der Waals surface area (Å²) in [5.41, 5.74) is 0.626. The first kappa shape index (κ1) is 20.6. The van der Waals surface area contributed by atoms with Crippen molar-refractivity contribution in [2.45, 2.75) is 30.3 Å². The quantitative estimate of drug-likeness (QED) is 0.539. The van der Waals surface area contributed by atoms with Crippen LogP contribution in [0, 0.1) is 11.6 Å². The molecule has 1 saturated heterocycles. The molecule has 1 N–H and O–H groups in total. The lowest BCUT2D eigenvalue weighted by Crippen LogP contribution is -2.34. The molecule has 0 spiro atoms. The number of benzene rings is 3. The van der Waals surface area contributed by atoms with E-state index in [9.17, 15) is 13.6 Å². The second kappa shape index (κ2) is 9.02. The highest BCUT2D eigenvalue weighted by Gasteiger charge is 2.22. The molecule has 0 aromatic heterocycles. The number of piperidine rings is 1. The summed E-state index contributed by atoms with van der Waals surface area (Å²) in [6.45, 7) is 1.60. The standard InChI is InChI=1S/C23H21F2NO3S/c24-17-3-5-20(6-4-17)30-26-9-7-19(8-10-26)29-22-12-15(13-23(27)28)11-16-1-2-18(25)14-21(16)22/h1-6,11-12,14,19H,7-10,13H2,(H,27,28). The molecule has 3 aromatic rings. The summed E-state index contributed by atoms with van der Waals surface area (Å²) in [7, 11) is 0. The SMILES string of the molecule is O=C(O)Cc1cc(OC2CCN(Sc3ccc(F)cc3)CC2)c2cc(F)ccc2c1. The van der Waals surface area contributed by atoms with Gasteiger partial charge in [-0.3, -0.25) is 4.79 Å². The molecule has 1 aliphatic heterocycles. The molecule has 0 aliphatic carbocycles. The van der Waals surface area contributed by atoms with E-state index >= 15 is 0 Å². The molecule has 156 valence electrons. The fourth-order valence-corrected chi connectivity index (χ4v) is 4.54. The molecule has 0 amide bonds. The van der Waals surface area contributed by atoms with Crippen LogP contribution in [0.1, 0.15) is 18.4 Å². The fraction of sp³-hybridized carbons (Fsp3) is 0.261. The number of carboxylic acid groups (broad SMARTS) is 1. The molecular formula is C23H21F2NO3S. The number of ether oxygens (including phenoxy) is 1. The van der Waals surface area contributed by atoms with Crippen molar-refractivity contribution in [3.63, 3.8) is 0 Å². The number of halogens is 2. The average Bonchev–Trinajstić information content (AvgIpc) is 2.71. The number of carboxylic acids is 1. The van der Waals surface area contributed by atoms with Gasteiger partial charge in [0.25, 0.3) is 0 Å². The normalized spacial score (nSPS) is 15.4. The first-order chi connectivity index (χ1) is 14.5. The number of hydrogen-bond donors (Lipinski definition) is 1. The zero-order valence-electron chi connectivity index (χ0n) is 16.2. The van der Waals surface area contributed by atoms with Crippen LogP contribution in [0.25, 0.3) is 10.8 Å². The number of hydrogen-bond acceptors (Lipinski definition) is 4. The lowest BCUT2D eigenvalue weighted by molar-refractivity contribution is -0.136. The Hall–Kier alpha value is -2.64. The Morgan fingerprint density at radius 1 is 1.03 bits per heavy atom. The van der Waals surface area contributed by atoms with E-state index in [1.54, 1.807) is 42.3 Å². The van der Waals surface area contributed by atoms with Crippen molar-refractivity contribution < 1.29 is 23.4 Å². The van der Waals surface area contributed by atoms with Gasteiger partial charge in [0.2, 0.25) is 0 Å². The van der Waals surface area contributed by atoms with Gasteiger partial charge in [-0.25, -0.2) is 13.1 Å². The molecule has 4 rings (SSSR count). The highest BCUT2D eigenvalue weighted by Crippen LogP contribution is 2.32. The minimum absolute atomic E-state index is 0.0402. The molecule has 1 aliphatic rings. The minimum Gasteiger partial charge on any atom is -0.490 e. The molecule has 7 heteroatoms. The van der Waals surface area contributed by atoms with Crippen molar-refractivity contribution in [1.82, 2.24) is 4.31 Å². The van der Waals surface area contributed by atoms with Gasteiger partial charge in [-0.1, -0.05) is 12.1 Å². The fourth-order valence-electron chi connectivity index (χ4n) is 3.59. The van der Waals surface area contributed by atoms with Crippen molar-refractivity contribution in [2.24, 2.45) is 0 Å². The van der Waals surface area contributed by atoms with Crippen molar-refractivity contribution in [3.05, 3.63) is 71.8 Å². The number of aliphatic carboxylic acids is 1. The number of rotatable bonds is 6. The number of fused-ring (bicyclic) bond motifs is 1.